The van der Waals surface area contributed by atoms with E-state index in [1.54, 1.807) is 25.1 Å². The maximum Gasteiger partial charge on any atom is 0.416 e. The molecule has 0 bridgehead atoms. The normalized spacial score (nSPS) is 11.0. The second-order valence-electron chi connectivity index (χ2n) is 6.92. The Balaban J connectivity index is 1.65. The molecule has 1 heterocycles. The van der Waals surface area contributed by atoms with E-state index in [1.165, 1.54) is 31.5 Å². The van der Waals surface area contributed by atoms with Crippen molar-refractivity contribution in [3.8, 4) is 11.6 Å². The summed E-state index contributed by atoms with van der Waals surface area (Å²) < 4.78 is 44.2. The van der Waals surface area contributed by atoms with Crippen LogP contribution in [0.25, 0.3) is 0 Å². The molecule has 2 amide bonds. The monoisotopic (exact) mass is 444 g/mol. The molecular formula is C22H19F3N4O3. The van der Waals surface area contributed by atoms with E-state index < -0.39 is 17.6 Å². The third-order valence-corrected chi connectivity index (χ3v) is 4.26. The van der Waals surface area contributed by atoms with Crippen LogP contribution in [0.15, 0.2) is 54.9 Å². The number of anilines is 2. The van der Waals surface area contributed by atoms with Crippen LogP contribution in [0.5, 0.6) is 11.6 Å². The molecule has 3 rings (SSSR count). The van der Waals surface area contributed by atoms with Gasteiger partial charge in [-0.2, -0.15) is 13.2 Å². The predicted molar refractivity (Wildman–Crippen MR) is 111 cm³/mol. The van der Waals surface area contributed by atoms with Gasteiger partial charge in [0.25, 0.3) is 0 Å². The van der Waals surface area contributed by atoms with Crippen molar-refractivity contribution >= 4 is 23.3 Å². The first-order chi connectivity index (χ1) is 15.1. The van der Waals surface area contributed by atoms with Crippen LogP contribution in [0.3, 0.4) is 0 Å². The fraction of sp³-hybridized carbons (Fsp3) is 0.182. The number of rotatable bonds is 6. The first-order valence-electron chi connectivity index (χ1n) is 9.44. The summed E-state index contributed by atoms with van der Waals surface area (Å²) in [7, 11) is 0. The van der Waals surface area contributed by atoms with Gasteiger partial charge in [0.1, 0.15) is 17.9 Å². The average Bonchev–Trinajstić information content (AvgIpc) is 2.69. The number of alkyl halides is 3. The van der Waals surface area contributed by atoms with Gasteiger partial charge in [-0.1, -0.05) is 18.2 Å². The number of carbonyl (C=O) groups is 2. The van der Waals surface area contributed by atoms with Crippen molar-refractivity contribution in [2.45, 2.75) is 26.4 Å². The summed E-state index contributed by atoms with van der Waals surface area (Å²) >= 11 is 0. The predicted octanol–water partition coefficient (Wildman–Crippen LogP) is 4.74. The molecular weight excluding hydrogens is 425 g/mol. The Kier molecular flexibility index (Phi) is 6.72. The Morgan fingerprint density at radius 2 is 1.81 bits per heavy atom. The van der Waals surface area contributed by atoms with Crippen LogP contribution in [-0.2, 0) is 22.2 Å². The van der Waals surface area contributed by atoms with E-state index in [1.807, 2.05) is 0 Å². The quantitative estimate of drug-likeness (QED) is 0.573. The van der Waals surface area contributed by atoms with Gasteiger partial charge in [0.05, 0.1) is 12.0 Å². The number of hydrogen-bond donors (Lipinski definition) is 2. The molecule has 0 atom stereocenters. The van der Waals surface area contributed by atoms with Crippen molar-refractivity contribution in [2.75, 3.05) is 10.6 Å². The van der Waals surface area contributed by atoms with Crippen LogP contribution in [0.4, 0.5) is 24.7 Å². The van der Waals surface area contributed by atoms with Crippen LogP contribution in [0.1, 0.15) is 23.6 Å². The first kappa shape index (κ1) is 22.7. The maximum absolute atomic E-state index is 12.8. The van der Waals surface area contributed by atoms with Crippen LogP contribution in [0, 0.1) is 6.92 Å². The average molecular weight is 444 g/mol. The van der Waals surface area contributed by atoms with Crippen molar-refractivity contribution in [2.24, 2.45) is 0 Å². The molecule has 166 valence electrons. The Labute approximate surface area is 181 Å². The SMILES string of the molecule is CC(=O)Nc1cc(Oc2ccc(NC(=O)Cc3cccc(C(F)(F)F)c3)c(C)c2)ncn1. The van der Waals surface area contributed by atoms with Gasteiger partial charge in [-0.05, 0) is 42.3 Å². The Bertz CT molecular complexity index is 1150. The molecule has 2 N–H and O–H groups in total. The van der Waals surface area contributed by atoms with E-state index in [9.17, 15) is 22.8 Å². The number of halogens is 3. The summed E-state index contributed by atoms with van der Waals surface area (Å²) in [5, 5.41) is 5.21. The number of carbonyl (C=O) groups excluding carboxylic acids is 2. The number of ether oxygens (including phenoxy) is 1. The van der Waals surface area contributed by atoms with Gasteiger partial charge in [0, 0.05) is 18.7 Å². The molecule has 0 saturated heterocycles. The highest BCUT2D eigenvalue weighted by Gasteiger charge is 2.30. The summed E-state index contributed by atoms with van der Waals surface area (Å²) in [4.78, 5) is 31.3. The van der Waals surface area contributed by atoms with Crippen molar-refractivity contribution in [3.05, 3.63) is 71.5 Å². The highest BCUT2D eigenvalue weighted by molar-refractivity contribution is 5.93. The van der Waals surface area contributed by atoms with Gasteiger partial charge in [-0.3, -0.25) is 9.59 Å². The lowest BCUT2D eigenvalue weighted by Gasteiger charge is -2.12. The lowest BCUT2D eigenvalue weighted by molar-refractivity contribution is -0.137. The van der Waals surface area contributed by atoms with E-state index in [0.29, 0.717) is 17.0 Å². The number of aryl methyl sites for hydroxylation is 1. The minimum absolute atomic E-state index is 0.200. The summed E-state index contributed by atoms with van der Waals surface area (Å²) in [6, 6.07) is 11.0. The summed E-state index contributed by atoms with van der Waals surface area (Å²) in [5.41, 5.74) is 0.632. The lowest BCUT2D eigenvalue weighted by atomic mass is 10.1. The standard InChI is InChI=1S/C22H19F3N4O3/c1-13-8-17(32-21-11-19(26-12-27-21)28-14(2)30)6-7-18(13)29-20(31)10-15-4-3-5-16(9-15)22(23,24)25/h3-9,11-12H,10H2,1-2H3,(H,29,31)(H,26,27,28,30). The number of hydrogen-bond acceptors (Lipinski definition) is 5. The van der Waals surface area contributed by atoms with E-state index in [4.69, 9.17) is 4.74 Å². The summed E-state index contributed by atoms with van der Waals surface area (Å²) in [6.45, 7) is 3.10. The molecule has 32 heavy (non-hydrogen) atoms. The van der Waals surface area contributed by atoms with Gasteiger partial charge >= 0.3 is 6.18 Å². The molecule has 0 aliphatic heterocycles. The molecule has 0 unspecified atom stereocenters. The number of benzene rings is 2. The van der Waals surface area contributed by atoms with E-state index in [0.717, 1.165) is 12.1 Å². The number of nitrogens with zero attached hydrogens (tertiary/aromatic N) is 2. The Morgan fingerprint density at radius 3 is 2.50 bits per heavy atom. The highest BCUT2D eigenvalue weighted by atomic mass is 19.4. The van der Waals surface area contributed by atoms with Gasteiger partial charge in [-0.25, -0.2) is 9.97 Å². The van der Waals surface area contributed by atoms with Gasteiger partial charge < -0.3 is 15.4 Å². The number of amides is 2. The van der Waals surface area contributed by atoms with E-state index in [2.05, 4.69) is 20.6 Å². The third kappa shape index (κ3) is 6.27. The molecule has 0 saturated carbocycles. The van der Waals surface area contributed by atoms with Crippen molar-refractivity contribution < 1.29 is 27.5 Å². The second-order valence-corrected chi connectivity index (χ2v) is 6.92. The van der Waals surface area contributed by atoms with Gasteiger partial charge in [0.2, 0.25) is 17.7 Å². The molecule has 1 aromatic heterocycles. The summed E-state index contributed by atoms with van der Waals surface area (Å²) in [6.07, 6.45) is -3.42. The summed E-state index contributed by atoms with van der Waals surface area (Å²) in [5.74, 6) is 0.209. The fourth-order valence-electron chi connectivity index (χ4n) is 2.84. The molecule has 3 aromatic rings. The zero-order valence-corrected chi connectivity index (χ0v) is 17.2. The molecule has 0 aliphatic carbocycles. The minimum atomic E-state index is -4.47. The molecule has 2 aromatic carbocycles. The smallest absolute Gasteiger partial charge is 0.416 e. The zero-order valence-electron chi connectivity index (χ0n) is 17.2. The minimum Gasteiger partial charge on any atom is -0.439 e. The van der Waals surface area contributed by atoms with Crippen LogP contribution in [0.2, 0.25) is 0 Å². The molecule has 0 radical (unpaired) electrons. The van der Waals surface area contributed by atoms with Crippen LogP contribution < -0.4 is 15.4 Å². The maximum atomic E-state index is 12.8. The molecule has 10 heteroatoms. The van der Waals surface area contributed by atoms with Crippen molar-refractivity contribution in [3.63, 3.8) is 0 Å². The van der Waals surface area contributed by atoms with Crippen LogP contribution >= 0.6 is 0 Å². The molecule has 7 nitrogen and oxygen atoms in total. The Morgan fingerprint density at radius 1 is 1.03 bits per heavy atom. The first-order valence-corrected chi connectivity index (χ1v) is 9.44. The largest absolute Gasteiger partial charge is 0.439 e. The second kappa shape index (κ2) is 9.46. The number of aromatic nitrogens is 2. The molecule has 0 fully saturated rings. The zero-order chi connectivity index (χ0) is 23.3. The number of nitrogens with one attached hydrogen (secondary N) is 2. The van der Waals surface area contributed by atoms with Gasteiger partial charge in [0.15, 0.2) is 0 Å². The van der Waals surface area contributed by atoms with Crippen molar-refractivity contribution in [1.29, 1.82) is 0 Å². The third-order valence-electron chi connectivity index (χ3n) is 4.26. The van der Waals surface area contributed by atoms with E-state index >= 15 is 0 Å². The molecule has 0 spiro atoms. The van der Waals surface area contributed by atoms with E-state index in [-0.39, 0.29) is 29.6 Å². The van der Waals surface area contributed by atoms with Crippen LogP contribution in [-0.4, -0.2) is 21.8 Å². The fourth-order valence-corrected chi connectivity index (χ4v) is 2.84. The highest BCUT2D eigenvalue weighted by Crippen LogP contribution is 2.30. The Hall–Kier alpha value is -3.95. The lowest BCUT2D eigenvalue weighted by Crippen LogP contribution is -2.15. The molecule has 0 aliphatic rings. The topological polar surface area (TPSA) is 93.2 Å². The van der Waals surface area contributed by atoms with Crippen molar-refractivity contribution in [1.82, 2.24) is 9.97 Å². The van der Waals surface area contributed by atoms with Gasteiger partial charge in [-0.15, -0.1) is 0 Å².